The summed E-state index contributed by atoms with van der Waals surface area (Å²) < 4.78 is 52.0. The summed E-state index contributed by atoms with van der Waals surface area (Å²) in [5.41, 5.74) is 1.15. The average molecular weight is 440 g/mol. The van der Waals surface area contributed by atoms with Gasteiger partial charge in [-0.1, -0.05) is 11.6 Å². The Morgan fingerprint density at radius 1 is 1.11 bits per heavy atom. The van der Waals surface area contributed by atoms with Crippen LogP contribution in [-0.4, -0.2) is 29.4 Å². The van der Waals surface area contributed by atoms with Gasteiger partial charge in [0.15, 0.2) is 9.84 Å². The van der Waals surface area contributed by atoms with Crippen LogP contribution >= 0.6 is 22.9 Å². The summed E-state index contributed by atoms with van der Waals surface area (Å²) >= 11 is 7.32. The molecule has 10 heteroatoms. The van der Waals surface area contributed by atoms with Gasteiger partial charge in [-0.25, -0.2) is 26.9 Å². The van der Waals surface area contributed by atoms with Crippen LogP contribution in [0.2, 0.25) is 5.02 Å². The van der Waals surface area contributed by atoms with Crippen LogP contribution in [0.25, 0.3) is 26.6 Å². The minimum atomic E-state index is -3.37. The van der Waals surface area contributed by atoms with E-state index in [9.17, 15) is 17.2 Å². The molecule has 4 aromatic rings. The molecule has 0 aliphatic carbocycles. The highest BCUT2D eigenvalue weighted by Gasteiger charge is 2.20. The Balaban J connectivity index is 1.87. The molecule has 0 N–H and O–H groups in total. The molecule has 2 heterocycles. The second kappa shape index (κ2) is 6.91. The van der Waals surface area contributed by atoms with Crippen molar-refractivity contribution >= 4 is 43.0 Å². The lowest BCUT2D eigenvalue weighted by molar-refractivity contribution is 0.145. The Kier molecular flexibility index (Phi) is 4.68. The number of aromatic nitrogens is 3. The van der Waals surface area contributed by atoms with Gasteiger partial charge in [0.1, 0.15) is 16.4 Å². The van der Waals surface area contributed by atoms with Gasteiger partial charge in [-0.05, 0) is 48.5 Å². The summed E-state index contributed by atoms with van der Waals surface area (Å²) in [4.78, 5) is 4.63. The smallest absolute Gasteiger partial charge is 0.234 e. The fraction of sp³-hybridized carbons (Fsp3) is 0.111. The molecule has 0 saturated heterocycles. The van der Waals surface area contributed by atoms with E-state index in [-0.39, 0.29) is 10.6 Å². The third kappa shape index (κ3) is 3.52. The van der Waals surface area contributed by atoms with E-state index in [4.69, 9.17) is 11.6 Å². The van der Waals surface area contributed by atoms with Gasteiger partial charge in [-0.15, -0.1) is 11.3 Å². The molecule has 4 rings (SSSR count). The number of rotatable bonds is 4. The number of sulfone groups is 1. The minimum Gasteiger partial charge on any atom is -0.234 e. The summed E-state index contributed by atoms with van der Waals surface area (Å²) in [7, 11) is -3.37. The zero-order valence-electron chi connectivity index (χ0n) is 14.3. The summed E-state index contributed by atoms with van der Waals surface area (Å²) in [5, 5.41) is 5.05. The Bertz CT molecular complexity index is 1280. The Morgan fingerprint density at radius 2 is 1.82 bits per heavy atom. The van der Waals surface area contributed by atoms with Crippen LogP contribution in [0, 0.1) is 0 Å². The van der Waals surface area contributed by atoms with Crippen molar-refractivity contribution in [2.45, 2.75) is 11.3 Å². The van der Waals surface area contributed by atoms with Crippen LogP contribution in [0.3, 0.4) is 0 Å². The van der Waals surface area contributed by atoms with Gasteiger partial charge in [-0.3, -0.25) is 0 Å². The van der Waals surface area contributed by atoms with Crippen molar-refractivity contribution in [2.24, 2.45) is 0 Å². The predicted molar refractivity (Wildman–Crippen MR) is 105 cm³/mol. The number of thiazole rings is 1. The van der Waals surface area contributed by atoms with Crippen molar-refractivity contribution < 1.29 is 17.2 Å². The first-order valence-corrected chi connectivity index (χ1v) is 11.1. The molecule has 0 atom stereocenters. The normalized spacial score (nSPS) is 12.2. The van der Waals surface area contributed by atoms with Crippen LogP contribution in [0.1, 0.15) is 12.1 Å². The van der Waals surface area contributed by atoms with E-state index in [1.54, 1.807) is 18.2 Å². The largest absolute Gasteiger partial charge is 0.282 e. The van der Waals surface area contributed by atoms with Crippen LogP contribution in [-0.2, 0) is 9.84 Å². The number of halogens is 3. The van der Waals surface area contributed by atoms with Gasteiger partial charge in [-0.2, -0.15) is 5.10 Å². The fourth-order valence-corrected chi connectivity index (χ4v) is 4.57. The molecule has 0 fully saturated rings. The van der Waals surface area contributed by atoms with Crippen molar-refractivity contribution in [3.05, 3.63) is 59.2 Å². The highest BCUT2D eigenvalue weighted by atomic mass is 35.5. The second-order valence-electron chi connectivity index (χ2n) is 6.06. The molecule has 2 aromatic carbocycles. The first kappa shape index (κ1) is 19.0. The molecular formula is C18H12ClF2N3O2S2. The number of fused-ring (bicyclic) bond motifs is 1. The minimum absolute atomic E-state index is 0.133. The van der Waals surface area contributed by atoms with E-state index in [1.165, 1.54) is 46.4 Å². The molecule has 0 spiro atoms. The quantitative estimate of drug-likeness (QED) is 0.441. The van der Waals surface area contributed by atoms with Gasteiger partial charge >= 0.3 is 0 Å². The summed E-state index contributed by atoms with van der Waals surface area (Å²) in [5.74, 6) is 0. The SMILES string of the molecule is CS(=O)(=O)c1ccc(-n2nc(C(F)F)cc2-c2nc3ccc(Cl)cc3s2)cc1. The second-order valence-corrected chi connectivity index (χ2v) is 9.55. The van der Waals surface area contributed by atoms with Crippen molar-refractivity contribution in [3.8, 4) is 16.4 Å². The van der Waals surface area contributed by atoms with Crippen LogP contribution in [0.5, 0.6) is 0 Å². The topological polar surface area (TPSA) is 64.8 Å². The summed E-state index contributed by atoms with van der Waals surface area (Å²) in [6.45, 7) is 0. The predicted octanol–water partition coefficient (Wildman–Crippen LogP) is 5.14. The van der Waals surface area contributed by atoms with Crippen molar-refractivity contribution in [1.29, 1.82) is 0 Å². The van der Waals surface area contributed by atoms with Crippen LogP contribution in [0.4, 0.5) is 8.78 Å². The van der Waals surface area contributed by atoms with E-state index in [0.29, 0.717) is 26.9 Å². The molecule has 0 saturated carbocycles. The lowest BCUT2D eigenvalue weighted by Crippen LogP contribution is -2.02. The lowest BCUT2D eigenvalue weighted by atomic mass is 10.3. The fourth-order valence-electron chi connectivity index (χ4n) is 2.70. The number of nitrogens with zero attached hydrogens (tertiary/aromatic N) is 3. The van der Waals surface area contributed by atoms with Gasteiger partial charge in [0.05, 0.1) is 20.8 Å². The zero-order chi connectivity index (χ0) is 20.1. The van der Waals surface area contributed by atoms with E-state index in [1.807, 2.05) is 0 Å². The third-order valence-electron chi connectivity index (χ3n) is 4.03. The maximum Gasteiger partial charge on any atom is 0.282 e. The Hall–Kier alpha value is -2.36. The molecule has 2 aromatic heterocycles. The molecule has 5 nitrogen and oxygen atoms in total. The van der Waals surface area contributed by atoms with E-state index in [0.717, 1.165) is 11.0 Å². The van der Waals surface area contributed by atoms with E-state index in [2.05, 4.69) is 10.1 Å². The maximum atomic E-state index is 13.3. The number of hydrogen-bond acceptors (Lipinski definition) is 5. The van der Waals surface area contributed by atoms with Gasteiger partial charge in [0, 0.05) is 11.3 Å². The standard InChI is InChI=1S/C18H12ClF2N3O2S2/c1-28(25,26)12-5-3-11(4-6-12)24-15(9-14(23-24)17(20)21)18-22-13-7-2-10(19)8-16(13)27-18/h2-9,17H,1H3. The third-order valence-corrected chi connectivity index (χ3v) is 6.44. The van der Waals surface area contributed by atoms with Gasteiger partial charge < -0.3 is 0 Å². The summed E-state index contributed by atoms with van der Waals surface area (Å²) in [6, 6.07) is 12.4. The molecule has 0 aliphatic heterocycles. The van der Waals surface area contributed by atoms with Crippen molar-refractivity contribution in [2.75, 3.05) is 6.26 Å². The van der Waals surface area contributed by atoms with Crippen LogP contribution < -0.4 is 0 Å². The van der Waals surface area contributed by atoms with Gasteiger partial charge in [0.25, 0.3) is 6.43 Å². The highest BCUT2D eigenvalue weighted by molar-refractivity contribution is 7.90. The van der Waals surface area contributed by atoms with E-state index < -0.39 is 16.3 Å². The molecule has 0 amide bonds. The van der Waals surface area contributed by atoms with Crippen molar-refractivity contribution in [3.63, 3.8) is 0 Å². The number of benzene rings is 2. The zero-order valence-corrected chi connectivity index (χ0v) is 16.7. The lowest BCUT2D eigenvalue weighted by Gasteiger charge is -2.06. The molecule has 144 valence electrons. The monoisotopic (exact) mass is 439 g/mol. The highest BCUT2D eigenvalue weighted by Crippen LogP contribution is 2.34. The number of hydrogen-bond donors (Lipinski definition) is 0. The summed E-state index contributed by atoms with van der Waals surface area (Å²) in [6.07, 6.45) is -1.65. The molecule has 28 heavy (non-hydrogen) atoms. The maximum absolute atomic E-state index is 13.3. The first-order chi connectivity index (χ1) is 13.2. The van der Waals surface area contributed by atoms with Gasteiger partial charge in [0.2, 0.25) is 0 Å². The molecule has 0 bridgehead atoms. The van der Waals surface area contributed by atoms with Crippen LogP contribution in [0.15, 0.2) is 53.4 Å². The van der Waals surface area contributed by atoms with E-state index >= 15 is 0 Å². The number of alkyl halides is 2. The Morgan fingerprint density at radius 3 is 2.46 bits per heavy atom. The van der Waals surface area contributed by atoms with Crippen molar-refractivity contribution in [1.82, 2.24) is 14.8 Å². The first-order valence-electron chi connectivity index (χ1n) is 7.97. The molecule has 0 radical (unpaired) electrons. The average Bonchev–Trinajstić information content (AvgIpc) is 3.24. The Labute approximate surface area is 168 Å². The molecule has 0 aliphatic rings. The molecule has 0 unspecified atom stereocenters. The molecular weight excluding hydrogens is 428 g/mol.